The molecule has 2 aromatic heterocycles. The van der Waals surface area contributed by atoms with Gasteiger partial charge in [0, 0.05) is 42.6 Å². The molecule has 12 heteroatoms. The van der Waals surface area contributed by atoms with Crippen LogP contribution in [-0.4, -0.2) is 66.6 Å². The van der Waals surface area contributed by atoms with Crippen LogP contribution in [0.4, 0.5) is 13.2 Å². The van der Waals surface area contributed by atoms with Gasteiger partial charge in [-0.05, 0) is 26.3 Å². The number of hydrogen-bond donors (Lipinski definition) is 1. The Kier molecular flexibility index (Phi) is 7.34. The van der Waals surface area contributed by atoms with Gasteiger partial charge in [-0.2, -0.15) is 18.3 Å². The minimum atomic E-state index is -5.08. The van der Waals surface area contributed by atoms with Crippen LogP contribution < -0.4 is 0 Å². The van der Waals surface area contributed by atoms with Gasteiger partial charge in [-0.1, -0.05) is 0 Å². The normalized spacial score (nSPS) is 20.4. The number of ether oxygens (including phenoxy) is 1. The van der Waals surface area contributed by atoms with Gasteiger partial charge in [-0.15, -0.1) is 23.1 Å². The van der Waals surface area contributed by atoms with Crippen molar-refractivity contribution >= 4 is 29.1 Å². The molecule has 1 N–H and O–H groups in total. The number of carbonyl (C=O) groups is 1. The number of alkyl halides is 3. The molecule has 4 heterocycles. The van der Waals surface area contributed by atoms with Crippen LogP contribution in [0.3, 0.4) is 0 Å². The van der Waals surface area contributed by atoms with Crippen LogP contribution in [0.2, 0.25) is 0 Å². The van der Waals surface area contributed by atoms with E-state index in [9.17, 15) is 13.2 Å². The third-order valence-electron chi connectivity index (χ3n) is 5.06. The summed E-state index contributed by atoms with van der Waals surface area (Å²) in [5.74, 6) is -1.64. The quantitative estimate of drug-likeness (QED) is 0.706. The van der Waals surface area contributed by atoms with Crippen LogP contribution in [-0.2, 0) is 29.7 Å². The van der Waals surface area contributed by atoms with Crippen LogP contribution in [0.15, 0.2) is 11.4 Å². The average molecular weight is 479 g/mol. The van der Waals surface area contributed by atoms with Crippen molar-refractivity contribution in [2.45, 2.75) is 50.4 Å². The second-order valence-corrected chi connectivity index (χ2v) is 10.4. The molecule has 1 unspecified atom stereocenters. The van der Waals surface area contributed by atoms with Crippen molar-refractivity contribution in [1.29, 1.82) is 0 Å². The highest BCUT2D eigenvalue weighted by Crippen LogP contribution is 2.46. The van der Waals surface area contributed by atoms with E-state index in [2.05, 4.69) is 45.1 Å². The molecule has 1 atom stereocenters. The minimum absolute atomic E-state index is 0.373. The van der Waals surface area contributed by atoms with Crippen molar-refractivity contribution in [2.24, 2.45) is 7.05 Å². The Morgan fingerprint density at radius 1 is 1.39 bits per heavy atom. The zero-order valence-electron chi connectivity index (χ0n) is 17.5. The van der Waals surface area contributed by atoms with Crippen molar-refractivity contribution in [3.8, 4) is 0 Å². The molecular weight excluding hydrogens is 453 g/mol. The number of aliphatic carboxylic acids is 1. The molecule has 0 radical (unpaired) electrons. The second kappa shape index (κ2) is 9.47. The van der Waals surface area contributed by atoms with Crippen molar-refractivity contribution in [3.05, 3.63) is 33.5 Å². The summed E-state index contributed by atoms with van der Waals surface area (Å²) in [6.07, 6.45) is -3.54. The van der Waals surface area contributed by atoms with E-state index in [0.29, 0.717) is 17.5 Å². The topological polar surface area (TPSA) is 80.5 Å². The Bertz CT molecular complexity index is 910. The number of likely N-dealkylation sites (tertiary alicyclic amines) is 1. The Hall–Kier alpha value is -1.63. The lowest BCUT2D eigenvalue weighted by Crippen LogP contribution is -2.58. The number of aryl methyl sites for hydroxylation is 3. The summed E-state index contributed by atoms with van der Waals surface area (Å²) in [6, 6.07) is 2.19. The first kappa shape index (κ1) is 24.0. The predicted octanol–water partition coefficient (Wildman–Crippen LogP) is 3.40. The molecule has 2 aliphatic rings. The Balaban J connectivity index is 0.000000339. The maximum Gasteiger partial charge on any atom is 0.490 e. The van der Waals surface area contributed by atoms with E-state index in [1.165, 1.54) is 12.1 Å². The SMILES string of the molecule is Cc1cc(CN2CC3(CC(OCc4csc(C)n4)CS3)C2)n(C)n1.O=C(O)C(F)(F)F. The molecule has 0 aromatic carbocycles. The van der Waals surface area contributed by atoms with E-state index in [1.54, 1.807) is 11.3 Å². The molecule has 2 fully saturated rings. The summed E-state index contributed by atoms with van der Waals surface area (Å²) < 4.78 is 40.3. The smallest absolute Gasteiger partial charge is 0.475 e. The van der Waals surface area contributed by atoms with Crippen LogP contribution in [0.5, 0.6) is 0 Å². The Morgan fingerprint density at radius 3 is 2.58 bits per heavy atom. The standard InChI is InChI=1S/C17H24N4OS2.C2HF3O2/c1-12-4-15(20(3)19-12)6-21-10-17(11-21)5-16(9-24-17)22-7-14-8-23-13(2)18-14;3-2(4,5)1(6)7/h4,8,16H,5-7,9-11H2,1-3H3;(H,6,7). The van der Waals surface area contributed by atoms with E-state index in [4.69, 9.17) is 14.6 Å². The highest BCUT2D eigenvalue weighted by atomic mass is 32.2. The summed E-state index contributed by atoms with van der Waals surface area (Å²) in [6.45, 7) is 8.09. The van der Waals surface area contributed by atoms with Gasteiger partial charge in [0.25, 0.3) is 0 Å². The van der Waals surface area contributed by atoms with Crippen molar-refractivity contribution in [1.82, 2.24) is 19.7 Å². The fourth-order valence-corrected chi connectivity index (χ4v) is 5.93. The molecule has 2 saturated heterocycles. The first-order valence-electron chi connectivity index (χ1n) is 9.64. The molecule has 0 amide bonds. The number of hydrogen-bond acceptors (Lipinski definition) is 7. The number of nitrogens with zero attached hydrogens (tertiary/aromatic N) is 4. The number of halogens is 3. The van der Waals surface area contributed by atoms with Gasteiger partial charge in [0.1, 0.15) is 0 Å². The molecular formula is C19H25F3N4O3S2. The summed E-state index contributed by atoms with van der Waals surface area (Å²) >= 11 is 3.79. The molecule has 2 aromatic rings. The third-order valence-corrected chi connectivity index (χ3v) is 7.46. The van der Waals surface area contributed by atoms with E-state index in [-0.39, 0.29) is 0 Å². The summed E-state index contributed by atoms with van der Waals surface area (Å²) in [4.78, 5) is 15.9. The number of carboxylic acid groups (broad SMARTS) is 1. The lowest BCUT2D eigenvalue weighted by Gasteiger charge is -2.47. The predicted molar refractivity (Wildman–Crippen MR) is 112 cm³/mol. The monoisotopic (exact) mass is 478 g/mol. The van der Waals surface area contributed by atoms with Crippen LogP contribution in [0.1, 0.15) is 28.5 Å². The number of thiazole rings is 1. The summed E-state index contributed by atoms with van der Waals surface area (Å²) in [7, 11) is 2.03. The van der Waals surface area contributed by atoms with Gasteiger partial charge in [0.05, 0.1) is 34.8 Å². The fraction of sp³-hybridized carbons (Fsp3) is 0.632. The van der Waals surface area contributed by atoms with Crippen LogP contribution in [0.25, 0.3) is 0 Å². The van der Waals surface area contributed by atoms with Crippen molar-refractivity contribution < 1.29 is 27.8 Å². The second-order valence-electron chi connectivity index (χ2n) is 7.84. The van der Waals surface area contributed by atoms with E-state index in [1.807, 2.05) is 18.7 Å². The van der Waals surface area contributed by atoms with Crippen LogP contribution >= 0.6 is 23.1 Å². The number of carboxylic acids is 1. The van der Waals surface area contributed by atoms with Crippen LogP contribution in [0, 0.1) is 13.8 Å². The molecule has 7 nitrogen and oxygen atoms in total. The Labute approximate surface area is 186 Å². The van der Waals surface area contributed by atoms with Crippen molar-refractivity contribution in [3.63, 3.8) is 0 Å². The lowest BCUT2D eigenvalue weighted by molar-refractivity contribution is -0.192. The van der Waals surface area contributed by atoms with E-state index < -0.39 is 12.1 Å². The summed E-state index contributed by atoms with van der Waals surface area (Å²) in [5.41, 5.74) is 3.48. The zero-order chi connectivity index (χ0) is 22.8. The van der Waals surface area contributed by atoms with E-state index >= 15 is 0 Å². The third kappa shape index (κ3) is 6.43. The Morgan fingerprint density at radius 2 is 2.06 bits per heavy atom. The molecule has 0 aliphatic carbocycles. The largest absolute Gasteiger partial charge is 0.490 e. The van der Waals surface area contributed by atoms with Gasteiger partial charge in [0.15, 0.2) is 0 Å². The number of rotatable bonds is 5. The van der Waals surface area contributed by atoms with Gasteiger partial charge < -0.3 is 9.84 Å². The molecule has 0 bridgehead atoms. The average Bonchev–Trinajstić information content (AvgIpc) is 3.32. The fourth-order valence-electron chi connectivity index (χ4n) is 3.73. The van der Waals surface area contributed by atoms with Crippen molar-refractivity contribution in [2.75, 3.05) is 18.8 Å². The lowest BCUT2D eigenvalue weighted by atomic mass is 9.93. The van der Waals surface area contributed by atoms with Gasteiger partial charge in [-0.3, -0.25) is 9.58 Å². The molecule has 31 heavy (non-hydrogen) atoms. The highest BCUT2D eigenvalue weighted by Gasteiger charge is 2.49. The number of aromatic nitrogens is 3. The summed E-state index contributed by atoms with van der Waals surface area (Å²) in [5, 5.41) is 14.8. The van der Waals surface area contributed by atoms with Gasteiger partial charge >= 0.3 is 12.1 Å². The molecule has 172 valence electrons. The van der Waals surface area contributed by atoms with Gasteiger partial charge in [-0.25, -0.2) is 9.78 Å². The first-order valence-corrected chi connectivity index (χ1v) is 11.5. The van der Waals surface area contributed by atoms with Gasteiger partial charge in [0.2, 0.25) is 0 Å². The zero-order valence-corrected chi connectivity index (χ0v) is 19.1. The maximum absolute atomic E-state index is 10.6. The molecule has 4 rings (SSSR count). The minimum Gasteiger partial charge on any atom is -0.475 e. The molecule has 0 saturated carbocycles. The maximum atomic E-state index is 10.6. The van der Waals surface area contributed by atoms with E-state index in [0.717, 1.165) is 41.8 Å². The number of thioether (sulfide) groups is 1. The highest BCUT2D eigenvalue weighted by molar-refractivity contribution is 8.01. The first-order chi connectivity index (χ1) is 14.5. The molecule has 2 aliphatic heterocycles. The molecule has 1 spiro atoms.